The molecular formula is C12H12O5. The molecule has 0 saturated heterocycles. The molecule has 0 heterocycles. The minimum atomic E-state index is -1.21. The van der Waals surface area contributed by atoms with Gasteiger partial charge in [0.25, 0.3) is 0 Å². The Morgan fingerprint density at radius 2 is 2.00 bits per heavy atom. The lowest BCUT2D eigenvalue weighted by Gasteiger charge is -2.08. The minimum Gasteiger partial charge on any atom is -0.478 e. The van der Waals surface area contributed by atoms with E-state index in [0.29, 0.717) is 6.29 Å². The van der Waals surface area contributed by atoms with Gasteiger partial charge in [0.15, 0.2) is 6.29 Å². The molecule has 0 aliphatic rings. The van der Waals surface area contributed by atoms with Crippen molar-refractivity contribution < 1.29 is 24.2 Å². The lowest BCUT2D eigenvalue weighted by Crippen LogP contribution is -2.13. The number of aromatic carboxylic acids is 1. The number of rotatable bonds is 4. The molecule has 0 radical (unpaired) electrons. The Morgan fingerprint density at radius 1 is 1.35 bits per heavy atom. The maximum Gasteiger partial charge on any atom is 0.338 e. The molecule has 0 saturated carbocycles. The highest BCUT2D eigenvalue weighted by molar-refractivity contribution is 6.00. The fraction of sp³-hybridized carbons (Fsp3) is 0.250. The molecule has 0 fully saturated rings. The summed E-state index contributed by atoms with van der Waals surface area (Å²) in [6, 6.07) is 3.74. The van der Waals surface area contributed by atoms with Crippen LogP contribution in [0.3, 0.4) is 0 Å². The van der Waals surface area contributed by atoms with Gasteiger partial charge in [-0.05, 0) is 32.0 Å². The van der Waals surface area contributed by atoms with Crippen molar-refractivity contribution in [2.24, 2.45) is 0 Å². The van der Waals surface area contributed by atoms with E-state index in [1.807, 2.05) is 0 Å². The Bertz CT molecular complexity index is 462. The Balaban J connectivity index is 3.09. The summed E-state index contributed by atoms with van der Waals surface area (Å²) in [6.45, 7) is 3.40. The van der Waals surface area contributed by atoms with Crippen LogP contribution in [0.1, 0.15) is 44.9 Å². The first-order valence-corrected chi connectivity index (χ1v) is 4.99. The predicted molar refractivity (Wildman–Crippen MR) is 59.3 cm³/mol. The van der Waals surface area contributed by atoms with Gasteiger partial charge in [-0.1, -0.05) is 0 Å². The number of aldehydes is 1. The van der Waals surface area contributed by atoms with Crippen LogP contribution in [0.25, 0.3) is 0 Å². The average Bonchev–Trinajstić information content (AvgIpc) is 2.27. The number of hydrogen-bond acceptors (Lipinski definition) is 4. The molecule has 1 rings (SSSR count). The van der Waals surface area contributed by atoms with Gasteiger partial charge in [0.2, 0.25) is 0 Å². The monoisotopic (exact) mass is 236 g/mol. The summed E-state index contributed by atoms with van der Waals surface area (Å²) >= 11 is 0. The molecule has 1 aromatic carbocycles. The van der Waals surface area contributed by atoms with Gasteiger partial charge in [-0.3, -0.25) is 4.79 Å². The first-order chi connectivity index (χ1) is 7.95. The number of hydrogen-bond donors (Lipinski definition) is 1. The molecule has 0 aliphatic heterocycles. The van der Waals surface area contributed by atoms with Crippen molar-refractivity contribution in [1.82, 2.24) is 0 Å². The number of carbonyl (C=O) groups excluding carboxylic acids is 2. The molecule has 5 heteroatoms. The van der Waals surface area contributed by atoms with E-state index < -0.39 is 11.9 Å². The van der Waals surface area contributed by atoms with Gasteiger partial charge in [0.1, 0.15) is 0 Å². The summed E-state index contributed by atoms with van der Waals surface area (Å²) < 4.78 is 4.93. The third kappa shape index (κ3) is 3.14. The Hall–Kier alpha value is -2.17. The second-order valence-electron chi connectivity index (χ2n) is 3.68. The molecule has 1 aromatic rings. The maximum absolute atomic E-state index is 11.5. The van der Waals surface area contributed by atoms with Gasteiger partial charge in [-0.2, -0.15) is 0 Å². The van der Waals surface area contributed by atoms with Crippen molar-refractivity contribution in [3.8, 4) is 0 Å². The molecule has 0 bridgehead atoms. The summed E-state index contributed by atoms with van der Waals surface area (Å²) in [5.74, 6) is -1.80. The highest BCUT2D eigenvalue weighted by Gasteiger charge is 2.14. The summed E-state index contributed by atoms with van der Waals surface area (Å²) in [4.78, 5) is 33.0. The second-order valence-corrected chi connectivity index (χ2v) is 3.68. The fourth-order valence-corrected chi connectivity index (χ4v) is 1.26. The standard InChI is InChI=1S/C12H12O5/c1-7(2)17-12(16)8-3-4-10(11(14)15)9(5-8)6-13/h3-7H,1-2H3,(H,14,15). The van der Waals surface area contributed by atoms with E-state index in [1.54, 1.807) is 13.8 Å². The normalized spacial score (nSPS) is 10.1. The third-order valence-electron chi connectivity index (χ3n) is 1.99. The molecule has 5 nitrogen and oxygen atoms in total. The lowest BCUT2D eigenvalue weighted by atomic mass is 10.0. The van der Waals surface area contributed by atoms with Crippen LogP contribution in [0.5, 0.6) is 0 Å². The van der Waals surface area contributed by atoms with Crippen LogP contribution >= 0.6 is 0 Å². The number of esters is 1. The van der Waals surface area contributed by atoms with Crippen LogP contribution in [-0.4, -0.2) is 29.4 Å². The van der Waals surface area contributed by atoms with Gasteiger partial charge in [-0.15, -0.1) is 0 Å². The Kier molecular flexibility index (Phi) is 3.98. The van der Waals surface area contributed by atoms with Crippen molar-refractivity contribution in [1.29, 1.82) is 0 Å². The molecule has 90 valence electrons. The molecule has 0 atom stereocenters. The second kappa shape index (κ2) is 5.25. The smallest absolute Gasteiger partial charge is 0.338 e. The number of carboxylic acids is 1. The van der Waals surface area contributed by atoms with E-state index >= 15 is 0 Å². The zero-order valence-corrected chi connectivity index (χ0v) is 9.47. The number of carbonyl (C=O) groups is 3. The first kappa shape index (κ1) is 12.9. The van der Waals surface area contributed by atoms with Crippen LogP contribution in [0.4, 0.5) is 0 Å². The highest BCUT2D eigenvalue weighted by atomic mass is 16.5. The Morgan fingerprint density at radius 3 is 2.47 bits per heavy atom. The predicted octanol–water partition coefficient (Wildman–Crippen LogP) is 1.76. The van der Waals surface area contributed by atoms with Crippen molar-refractivity contribution in [3.63, 3.8) is 0 Å². The van der Waals surface area contributed by atoms with Crippen LogP contribution < -0.4 is 0 Å². The summed E-state index contributed by atoms with van der Waals surface area (Å²) in [6.07, 6.45) is 0.122. The van der Waals surface area contributed by atoms with Gasteiger partial charge < -0.3 is 9.84 Å². The first-order valence-electron chi connectivity index (χ1n) is 4.99. The molecule has 0 amide bonds. The molecule has 0 unspecified atom stereocenters. The lowest BCUT2D eigenvalue weighted by molar-refractivity contribution is 0.0377. The number of carboxylic acid groups (broad SMARTS) is 1. The number of ether oxygens (including phenoxy) is 1. The third-order valence-corrected chi connectivity index (χ3v) is 1.99. The van der Waals surface area contributed by atoms with Crippen molar-refractivity contribution in [3.05, 3.63) is 34.9 Å². The topological polar surface area (TPSA) is 80.7 Å². The molecule has 1 N–H and O–H groups in total. The van der Waals surface area contributed by atoms with Gasteiger partial charge >= 0.3 is 11.9 Å². The molecule has 0 aliphatic carbocycles. The average molecular weight is 236 g/mol. The van der Waals surface area contributed by atoms with E-state index in [-0.39, 0.29) is 22.8 Å². The van der Waals surface area contributed by atoms with E-state index in [2.05, 4.69) is 0 Å². The summed E-state index contributed by atoms with van der Waals surface area (Å²) in [7, 11) is 0. The fourth-order valence-electron chi connectivity index (χ4n) is 1.26. The quantitative estimate of drug-likeness (QED) is 0.636. The van der Waals surface area contributed by atoms with Gasteiger partial charge in [-0.25, -0.2) is 9.59 Å². The van der Waals surface area contributed by atoms with Crippen LogP contribution in [0.15, 0.2) is 18.2 Å². The van der Waals surface area contributed by atoms with Crippen LogP contribution in [0.2, 0.25) is 0 Å². The van der Waals surface area contributed by atoms with Crippen molar-refractivity contribution >= 4 is 18.2 Å². The van der Waals surface area contributed by atoms with Gasteiger partial charge in [0.05, 0.1) is 17.2 Å². The van der Waals surface area contributed by atoms with E-state index in [4.69, 9.17) is 9.84 Å². The number of benzene rings is 1. The molecule has 0 spiro atoms. The molecule has 17 heavy (non-hydrogen) atoms. The zero-order chi connectivity index (χ0) is 13.0. The van der Waals surface area contributed by atoms with Gasteiger partial charge in [0, 0.05) is 5.56 Å². The summed E-state index contributed by atoms with van der Waals surface area (Å²) in [5.41, 5.74) is -0.0254. The van der Waals surface area contributed by atoms with Crippen LogP contribution in [-0.2, 0) is 4.74 Å². The van der Waals surface area contributed by atoms with E-state index in [1.165, 1.54) is 18.2 Å². The molecule has 0 aromatic heterocycles. The van der Waals surface area contributed by atoms with Crippen molar-refractivity contribution in [2.45, 2.75) is 20.0 Å². The molecular weight excluding hydrogens is 224 g/mol. The van der Waals surface area contributed by atoms with Crippen LogP contribution in [0, 0.1) is 0 Å². The Labute approximate surface area is 98.0 Å². The van der Waals surface area contributed by atoms with E-state index in [0.717, 1.165) is 0 Å². The minimum absolute atomic E-state index is 0.0456. The zero-order valence-electron chi connectivity index (χ0n) is 9.47. The highest BCUT2D eigenvalue weighted by Crippen LogP contribution is 2.12. The van der Waals surface area contributed by atoms with Crippen molar-refractivity contribution in [2.75, 3.05) is 0 Å². The summed E-state index contributed by atoms with van der Waals surface area (Å²) in [5, 5.41) is 8.80. The SMILES string of the molecule is CC(C)OC(=O)c1ccc(C(=O)O)c(C=O)c1. The largest absolute Gasteiger partial charge is 0.478 e. The maximum atomic E-state index is 11.5. The van der Waals surface area contributed by atoms with E-state index in [9.17, 15) is 14.4 Å².